The molecule has 0 aliphatic carbocycles. The van der Waals surface area contributed by atoms with Gasteiger partial charge < -0.3 is 4.74 Å². The van der Waals surface area contributed by atoms with E-state index in [4.69, 9.17) is 16.3 Å². The molecule has 0 aliphatic rings. The number of amides is 1. The van der Waals surface area contributed by atoms with Crippen molar-refractivity contribution in [3.05, 3.63) is 34.9 Å². The van der Waals surface area contributed by atoms with Crippen LogP contribution in [0.1, 0.15) is 12.5 Å². The molecule has 4 nitrogen and oxygen atoms in total. The lowest BCUT2D eigenvalue weighted by Crippen LogP contribution is -2.14. The first-order valence-corrected chi connectivity index (χ1v) is 5.27. The molecule has 86 valence electrons. The van der Waals surface area contributed by atoms with Gasteiger partial charge in [0.15, 0.2) is 0 Å². The highest BCUT2D eigenvalue weighted by atomic mass is 35.5. The van der Waals surface area contributed by atoms with Crippen molar-refractivity contribution in [3.63, 3.8) is 0 Å². The topological polar surface area (TPSA) is 50.7 Å². The highest BCUT2D eigenvalue weighted by molar-refractivity contribution is 6.30. The smallest absolute Gasteiger partial charge is 0.227 e. The number of hydrogen-bond acceptors (Lipinski definition) is 3. The van der Waals surface area contributed by atoms with E-state index in [2.05, 4.69) is 10.5 Å². The summed E-state index contributed by atoms with van der Waals surface area (Å²) in [6.07, 6.45) is 1.02. The standard InChI is InChI=1S/C11H13ClN2O2/c1-2-16-11(14-13-8-15)7-9-3-5-10(12)6-4-9/h3-6,8H,2,7H2,1H3,(H,13,15). The Morgan fingerprint density at radius 1 is 1.50 bits per heavy atom. The van der Waals surface area contributed by atoms with E-state index in [1.165, 1.54) is 0 Å². The van der Waals surface area contributed by atoms with Gasteiger partial charge in [-0.25, -0.2) is 5.43 Å². The Kier molecular flexibility index (Phi) is 5.36. The van der Waals surface area contributed by atoms with Crippen molar-refractivity contribution in [2.45, 2.75) is 13.3 Å². The molecule has 0 atom stereocenters. The summed E-state index contributed by atoms with van der Waals surface area (Å²) in [5, 5.41) is 4.48. The molecule has 0 fully saturated rings. The molecule has 0 saturated carbocycles. The van der Waals surface area contributed by atoms with Crippen molar-refractivity contribution in [2.24, 2.45) is 5.10 Å². The van der Waals surface area contributed by atoms with Crippen LogP contribution in [-0.4, -0.2) is 18.9 Å². The van der Waals surface area contributed by atoms with Crippen LogP contribution in [-0.2, 0) is 16.0 Å². The molecule has 1 rings (SSSR count). The summed E-state index contributed by atoms with van der Waals surface area (Å²) in [7, 11) is 0. The van der Waals surface area contributed by atoms with Gasteiger partial charge in [-0.2, -0.15) is 0 Å². The van der Waals surface area contributed by atoms with Gasteiger partial charge in [0.05, 0.1) is 13.0 Å². The van der Waals surface area contributed by atoms with Crippen LogP contribution in [0.5, 0.6) is 0 Å². The Bertz CT molecular complexity index is 363. The second-order valence-electron chi connectivity index (χ2n) is 2.99. The summed E-state index contributed by atoms with van der Waals surface area (Å²) in [4.78, 5) is 10.1. The minimum absolute atomic E-state index is 0.469. The number of nitrogens with one attached hydrogen (secondary N) is 1. The first-order valence-electron chi connectivity index (χ1n) is 4.89. The highest BCUT2D eigenvalue weighted by Gasteiger charge is 2.02. The van der Waals surface area contributed by atoms with Gasteiger partial charge in [-0.1, -0.05) is 23.7 Å². The summed E-state index contributed by atoms with van der Waals surface area (Å²) in [5.41, 5.74) is 3.24. The van der Waals surface area contributed by atoms with E-state index in [1.807, 2.05) is 19.1 Å². The third-order valence-corrected chi connectivity index (χ3v) is 2.07. The Hall–Kier alpha value is -1.55. The molecule has 1 aromatic carbocycles. The maximum atomic E-state index is 10.1. The van der Waals surface area contributed by atoms with E-state index >= 15 is 0 Å². The van der Waals surface area contributed by atoms with Gasteiger partial charge in [-0.05, 0) is 24.6 Å². The van der Waals surface area contributed by atoms with E-state index in [9.17, 15) is 4.79 Å². The van der Waals surface area contributed by atoms with Crippen molar-refractivity contribution in [2.75, 3.05) is 6.61 Å². The summed E-state index contributed by atoms with van der Waals surface area (Å²) < 4.78 is 5.27. The minimum Gasteiger partial charge on any atom is -0.480 e. The molecule has 16 heavy (non-hydrogen) atoms. The SMILES string of the molecule is CCOC(Cc1ccc(Cl)cc1)=NNC=O. The lowest BCUT2D eigenvalue weighted by atomic mass is 10.1. The lowest BCUT2D eigenvalue weighted by Gasteiger charge is -2.06. The second-order valence-corrected chi connectivity index (χ2v) is 3.43. The summed E-state index contributed by atoms with van der Waals surface area (Å²) in [5.74, 6) is 0.469. The monoisotopic (exact) mass is 240 g/mol. The van der Waals surface area contributed by atoms with Crippen LogP contribution in [0.4, 0.5) is 0 Å². The number of nitrogens with zero attached hydrogens (tertiary/aromatic N) is 1. The Morgan fingerprint density at radius 2 is 2.19 bits per heavy atom. The average molecular weight is 241 g/mol. The van der Waals surface area contributed by atoms with Gasteiger partial charge in [-0.15, -0.1) is 5.10 Å². The Morgan fingerprint density at radius 3 is 2.75 bits per heavy atom. The molecule has 1 amide bonds. The molecule has 0 saturated heterocycles. The van der Waals surface area contributed by atoms with Crippen LogP contribution in [0.15, 0.2) is 29.4 Å². The molecule has 1 aromatic rings. The van der Waals surface area contributed by atoms with E-state index < -0.39 is 0 Å². The van der Waals surface area contributed by atoms with Crippen molar-refractivity contribution in [1.29, 1.82) is 0 Å². The van der Waals surface area contributed by atoms with Gasteiger partial charge in [0.1, 0.15) is 0 Å². The van der Waals surface area contributed by atoms with Gasteiger partial charge >= 0.3 is 0 Å². The third-order valence-electron chi connectivity index (χ3n) is 1.82. The molecule has 0 bridgehead atoms. The molecular weight excluding hydrogens is 228 g/mol. The molecule has 0 heterocycles. The fourth-order valence-corrected chi connectivity index (χ4v) is 1.29. The average Bonchev–Trinajstić information content (AvgIpc) is 2.29. The number of halogens is 1. The Balaban J connectivity index is 2.67. The van der Waals surface area contributed by atoms with Crippen molar-refractivity contribution in [1.82, 2.24) is 5.43 Å². The van der Waals surface area contributed by atoms with Crippen molar-refractivity contribution >= 4 is 23.9 Å². The first-order chi connectivity index (χ1) is 7.76. The fraction of sp³-hybridized carbons (Fsp3) is 0.273. The largest absolute Gasteiger partial charge is 0.480 e. The van der Waals surface area contributed by atoms with Gasteiger partial charge in [0.25, 0.3) is 0 Å². The van der Waals surface area contributed by atoms with E-state index in [0.717, 1.165) is 5.56 Å². The van der Waals surface area contributed by atoms with E-state index in [0.29, 0.717) is 30.4 Å². The molecule has 0 radical (unpaired) electrons. The van der Waals surface area contributed by atoms with Gasteiger partial charge in [0.2, 0.25) is 12.3 Å². The maximum Gasteiger partial charge on any atom is 0.227 e. The third kappa shape index (κ3) is 4.31. The second kappa shape index (κ2) is 6.85. The maximum absolute atomic E-state index is 10.1. The molecular formula is C11H13ClN2O2. The first kappa shape index (κ1) is 12.5. The van der Waals surface area contributed by atoms with Crippen LogP contribution in [0.3, 0.4) is 0 Å². The summed E-state index contributed by atoms with van der Waals surface area (Å²) in [6.45, 7) is 2.37. The van der Waals surface area contributed by atoms with Crippen LogP contribution < -0.4 is 5.43 Å². The number of benzene rings is 1. The van der Waals surface area contributed by atoms with Crippen LogP contribution in [0, 0.1) is 0 Å². The van der Waals surface area contributed by atoms with Crippen molar-refractivity contribution in [3.8, 4) is 0 Å². The van der Waals surface area contributed by atoms with Gasteiger partial charge in [-0.3, -0.25) is 4.79 Å². The predicted octanol–water partition coefficient (Wildman–Crippen LogP) is 1.98. The molecule has 0 spiro atoms. The normalized spacial score (nSPS) is 11.0. The number of rotatable bonds is 5. The van der Waals surface area contributed by atoms with Crippen LogP contribution in [0.25, 0.3) is 0 Å². The number of ether oxygens (including phenoxy) is 1. The van der Waals surface area contributed by atoms with Crippen molar-refractivity contribution < 1.29 is 9.53 Å². The molecule has 0 aliphatic heterocycles. The number of hydrazone groups is 1. The van der Waals surface area contributed by atoms with E-state index in [1.54, 1.807) is 12.1 Å². The van der Waals surface area contributed by atoms with Gasteiger partial charge in [0, 0.05) is 5.02 Å². The fourth-order valence-electron chi connectivity index (χ4n) is 1.16. The molecule has 0 unspecified atom stereocenters. The molecule has 0 aromatic heterocycles. The Labute approximate surface area is 99.2 Å². The predicted molar refractivity (Wildman–Crippen MR) is 63.4 cm³/mol. The number of carbonyl (C=O) groups is 1. The molecule has 1 N–H and O–H groups in total. The zero-order valence-electron chi connectivity index (χ0n) is 8.94. The summed E-state index contributed by atoms with van der Waals surface area (Å²) in [6, 6.07) is 7.37. The minimum atomic E-state index is 0.469. The van der Waals surface area contributed by atoms with E-state index in [-0.39, 0.29) is 0 Å². The lowest BCUT2D eigenvalue weighted by molar-refractivity contribution is -0.109. The number of hydrogen-bond donors (Lipinski definition) is 1. The van der Waals surface area contributed by atoms with Crippen LogP contribution >= 0.6 is 11.6 Å². The summed E-state index contributed by atoms with van der Waals surface area (Å²) >= 11 is 5.77. The zero-order valence-corrected chi connectivity index (χ0v) is 9.70. The molecule has 5 heteroatoms. The zero-order chi connectivity index (χ0) is 11.8. The van der Waals surface area contributed by atoms with Crippen LogP contribution in [0.2, 0.25) is 5.02 Å². The quantitative estimate of drug-likeness (QED) is 0.370. The number of carbonyl (C=O) groups excluding carboxylic acids is 1. The highest BCUT2D eigenvalue weighted by Crippen LogP contribution is 2.10.